The van der Waals surface area contributed by atoms with E-state index in [-0.39, 0.29) is 24.0 Å². The number of benzene rings is 1. The van der Waals surface area contributed by atoms with E-state index < -0.39 is 0 Å². The summed E-state index contributed by atoms with van der Waals surface area (Å²) in [6.07, 6.45) is 3.88. The number of amides is 2. The minimum atomic E-state index is -0.259. The number of rotatable bonds is 12. The van der Waals surface area contributed by atoms with Crippen molar-refractivity contribution < 1.29 is 19.1 Å². The van der Waals surface area contributed by atoms with Crippen LogP contribution in [0.2, 0.25) is 5.02 Å². The Balaban J connectivity index is 1.41. The van der Waals surface area contributed by atoms with E-state index in [0.717, 1.165) is 56.6 Å². The molecule has 2 heterocycles. The largest absolute Gasteiger partial charge is 0.493 e. The number of hydrogen-bond acceptors (Lipinski definition) is 7. The van der Waals surface area contributed by atoms with Gasteiger partial charge in [-0.05, 0) is 70.3 Å². The summed E-state index contributed by atoms with van der Waals surface area (Å²) in [5, 5.41) is 6.31. The molecular weight excluding hydrogens is 506 g/mol. The van der Waals surface area contributed by atoms with E-state index in [1.807, 2.05) is 32.9 Å². The summed E-state index contributed by atoms with van der Waals surface area (Å²) >= 11 is 6.17. The number of halogens is 1. The molecule has 0 spiro atoms. The second-order valence-corrected chi connectivity index (χ2v) is 10.2. The van der Waals surface area contributed by atoms with E-state index in [0.29, 0.717) is 40.9 Å². The minimum Gasteiger partial charge on any atom is -0.493 e. The molecule has 38 heavy (non-hydrogen) atoms. The summed E-state index contributed by atoms with van der Waals surface area (Å²) in [5.41, 5.74) is 8.59. The number of nitrogens with two attached hydrogens (primary N) is 1. The van der Waals surface area contributed by atoms with Crippen molar-refractivity contribution in [3.8, 4) is 5.75 Å². The van der Waals surface area contributed by atoms with Gasteiger partial charge < -0.3 is 30.7 Å². The first-order chi connectivity index (χ1) is 18.2. The van der Waals surface area contributed by atoms with Crippen LogP contribution in [-0.2, 0) is 9.53 Å². The monoisotopic (exact) mass is 545 g/mol. The number of aryl methyl sites for hydroxylation is 2. The SMILES string of the molecule is CCOc1cc(N)c(Cl)cc1C(=O)NC1CCN(CCCCCC(=O)Nc2cc(C)cc(C)n2)CC1OC. The fourth-order valence-electron chi connectivity index (χ4n) is 4.76. The smallest absolute Gasteiger partial charge is 0.255 e. The van der Waals surface area contributed by atoms with Crippen LogP contribution in [-0.4, -0.2) is 67.2 Å². The fraction of sp³-hybridized carbons (Fsp3) is 0.536. The van der Waals surface area contributed by atoms with Crippen LogP contribution in [0.25, 0.3) is 0 Å². The molecule has 0 bridgehead atoms. The van der Waals surface area contributed by atoms with Crippen LogP contribution in [0.4, 0.5) is 11.5 Å². The molecule has 208 valence electrons. The van der Waals surface area contributed by atoms with Gasteiger partial charge in [0.25, 0.3) is 5.91 Å². The molecule has 1 aliphatic rings. The molecule has 1 fully saturated rings. The average Bonchev–Trinajstić information content (AvgIpc) is 2.86. The number of ether oxygens (including phenoxy) is 2. The summed E-state index contributed by atoms with van der Waals surface area (Å²) in [7, 11) is 1.67. The molecule has 0 aliphatic carbocycles. The third-order valence-corrected chi connectivity index (χ3v) is 6.98. The van der Waals surface area contributed by atoms with E-state index in [1.165, 1.54) is 0 Å². The van der Waals surface area contributed by atoms with Crippen molar-refractivity contribution in [3.63, 3.8) is 0 Å². The van der Waals surface area contributed by atoms with Crippen LogP contribution in [0.1, 0.15) is 60.6 Å². The fourth-order valence-corrected chi connectivity index (χ4v) is 4.93. The summed E-state index contributed by atoms with van der Waals surface area (Å²) < 4.78 is 11.3. The number of unbranched alkanes of at least 4 members (excludes halogenated alkanes) is 2. The number of piperidine rings is 1. The maximum Gasteiger partial charge on any atom is 0.255 e. The van der Waals surface area contributed by atoms with Crippen molar-refractivity contribution in [3.05, 3.63) is 46.1 Å². The van der Waals surface area contributed by atoms with Crippen molar-refractivity contribution in [2.75, 3.05) is 44.4 Å². The molecule has 3 rings (SSSR count). The van der Waals surface area contributed by atoms with Crippen molar-refractivity contribution in [2.24, 2.45) is 0 Å². The zero-order valence-corrected chi connectivity index (χ0v) is 23.6. The summed E-state index contributed by atoms with van der Waals surface area (Å²) in [6.45, 7) is 8.66. The quantitative estimate of drug-likeness (QED) is 0.268. The molecule has 9 nitrogen and oxygen atoms in total. The highest BCUT2D eigenvalue weighted by Gasteiger charge is 2.31. The zero-order valence-electron chi connectivity index (χ0n) is 22.8. The lowest BCUT2D eigenvalue weighted by Crippen LogP contribution is -2.54. The third kappa shape index (κ3) is 8.58. The van der Waals surface area contributed by atoms with Gasteiger partial charge in [-0.3, -0.25) is 9.59 Å². The van der Waals surface area contributed by atoms with Gasteiger partial charge in [-0.1, -0.05) is 18.0 Å². The average molecular weight is 546 g/mol. The minimum absolute atomic E-state index is 0.00612. The van der Waals surface area contributed by atoms with Crippen molar-refractivity contribution in [1.82, 2.24) is 15.2 Å². The molecule has 10 heteroatoms. The van der Waals surface area contributed by atoms with Gasteiger partial charge >= 0.3 is 0 Å². The standard InChI is InChI=1S/C28H40ClN5O4/c1-5-38-24-16-22(30)21(29)15-20(24)28(36)32-23-10-12-34(17-25(23)37-4)11-8-6-7-9-27(35)33-26-14-18(2)13-19(3)31-26/h13-16,23,25H,5-12,17,30H2,1-4H3,(H,32,36)(H,31,33,35). The Bertz CT molecular complexity index is 1090. The summed E-state index contributed by atoms with van der Waals surface area (Å²) in [5.74, 6) is 0.762. The Morgan fingerprint density at radius 3 is 2.68 bits per heavy atom. The van der Waals surface area contributed by atoms with Crippen LogP contribution in [0.5, 0.6) is 5.75 Å². The van der Waals surface area contributed by atoms with Gasteiger partial charge in [0, 0.05) is 38.4 Å². The van der Waals surface area contributed by atoms with Gasteiger partial charge in [-0.2, -0.15) is 0 Å². The van der Waals surface area contributed by atoms with Crippen molar-refractivity contribution >= 4 is 34.9 Å². The van der Waals surface area contributed by atoms with Crippen LogP contribution >= 0.6 is 11.6 Å². The Labute approximate surface area is 230 Å². The molecule has 0 radical (unpaired) electrons. The molecule has 2 aromatic rings. The van der Waals surface area contributed by atoms with Gasteiger partial charge in [0.2, 0.25) is 5.91 Å². The van der Waals surface area contributed by atoms with Gasteiger partial charge in [0.1, 0.15) is 11.6 Å². The topological polar surface area (TPSA) is 119 Å². The third-order valence-electron chi connectivity index (χ3n) is 6.65. The Morgan fingerprint density at radius 1 is 1.18 bits per heavy atom. The number of pyridine rings is 1. The van der Waals surface area contributed by atoms with E-state index in [4.69, 9.17) is 26.8 Å². The molecule has 1 aromatic heterocycles. The predicted molar refractivity (Wildman–Crippen MR) is 151 cm³/mol. The molecule has 1 aromatic carbocycles. The van der Waals surface area contributed by atoms with E-state index in [1.54, 1.807) is 19.2 Å². The number of aromatic nitrogens is 1. The van der Waals surface area contributed by atoms with Gasteiger partial charge in [-0.25, -0.2) is 4.98 Å². The van der Waals surface area contributed by atoms with E-state index in [9.17, 15) is 9.59 Å². The number of likely N-dealkylation sites (tertiary alicyclic amines) is 1. The number of hydrogen-bond donors (Lipinski definition) is 3. The Morgan fingerprint density at radius 2 is 1.97 bits per heavy atom. The number of nitrogen functional groups attached to an aromatic ring is 1. The maximum absolute atomic E-state index is 13.1. The number of methoxy groups -OCH3 is 1. The zero-order chi connectivity index (χ0) is 27.7. The number of nitrogens with one attached hydrogen (secondary N) is 2. The highest BCUT2D eigenvalue weighted by Crippen LogP contribution is 2.29. The molecule has 4 N–H and O–H groups in total. The molecular formula is C28H40ClN5O4. The second-order valence-electron chi connectivity index (χ2n) is 9.78. The van der Waals surface area contributed by atoms with Gasteiger partial charge in [0.05, 0.1) is 35.0 Å². The first-order valence-corrected chi connectivity index (χ1v) is 13.6. The molecule has 2 unspecified atom stereocenters. The van der Waals surface area contributed by atoms with E-state index in [2.05, 4.69) is 20.5 Å². The van der Waals surface area contributed by atoms with Crippen LogP contribution in [0.3, 0.4) is 0 Å². The highest BCUT2D eigenvalue weighted by molar-refractivity contribution is 6.33. The Kier molecular flexibility index (Phi) is 11.2. The number of carbonyl (C=O) groups is 2. The molecule has 0 saturated carbocycles. The summed E-state index contributed by atoms with van der Waals surface area (Å²) in [4.78, 5) is 32.0. The predicted octanol–water partition coefficient (Wildman–Crippen LogP) is 4.35. The lowest BCUT2D eigenvalue weighted by atomic mass is 10.00. The number of nitrogens with zero attached hydrogens (tertiary/aromatic N) is 2. The highest BCUT2D eigenvalue weighted by atomic mass is 35.5. The van der Waals surface area contributed by atoms with Gasteiger partial charge in [0.15, 0.2) is 0 Å². The first kappa shape index (κ1) is 29.7. The second kappa shape index (κ2) is 14.3. The van der Waals surface area contributed by atoms with Crippen LogP contribution in [0.15, 0.2) is 24.3 Å². The Hall–Kier alpha value is -2.88. The molecule has 1 aliphatic heterocycles. The first-order valence-electron chi connectivity index (χ1n) is 13.2. The lowest BCUT2D eigenvalue weighted by molar-refractivity contribution is -0.116. The number of anilines is 2. The van der Waals surface area contributed by atoms with Gasteiger partial charge in [-0.15, -0.1) is 0 Å². The van der Waals surface area contributed by atoms with Crippen LogP contribution < -0.4 is 21.1 Å². The molecule has 2 atom stereocenters. The lowest BCUT2D eigenvalue weighted by Gasteiger charge is -2.38. The molecule has 1 saturated heterocycles. The van der Waals surface area contributed by atoms with Crippen LogP contribution in [0, 0.1) is 13.8 Å². The van der Waals surface area contributed by atoms with E-state index >= 15 is 0 Å². The number of carbonyl (C=O) groups excluding carboxylic acids is 2. The maximum atomic E-state index is 13.1. The van der Waals surface area contributed by atoms with Crippen molar-refractivity contribution in [1.29, 1.82) is 0 Å². The summed E-state index contributed by atoms with van der Waals surface area (Å²) in [6, 6.07) is 6.87. The van der Waals surface area contributed by atoms with Crippen molar-refractivity contribution in [2.45, 2.75) is 65.0 Å². The normalized spacial score (nSPS) is 17.7. The molecule has 2 amide bonds.